The van der Waals surface area contributed by atoms with Crippen LogP contribution >= 0.6 is 0 Å². The summed E-state index contributed by atoms with van der Waals surface area (Å²) in [6, 6.07) is 17.1. The van der Waals surface area contributed by atoms with E-state index in [0.29, 0.717) is 0 Å². The molecule has 4 aromatic heterocycles. The summed E-state index contributed by atoms with van der Waals surface area (Å²) < 4.78 is 68.2. The molecule has 0 aliphatic rings. The fraction of sp³-hybridized carbons (Fsp3) is 0.0909. The van der Waals surface area contributed by atoms with Gasteiger partial charge in [-0.25, -0.2) is 16.8 Å². The van der Waals surface area contributed by atoms with Crippen LogP contribution in [0.4, 0.5) is 0 Å². The van der Waals surface area contributed by atoms with Gasteiger partial charge in [-0.2, -0.15) is 0 Å². The van der Waals surface area contributed by atoms with Crippen molar-refractivity contribution >= 4 is 20.2 Å². The molecule has 15 heteroatoms. The van der Waals surface area contributed by atoms with Crippen molar-refractivity contribution in [3.05, 3.63) is 120 Å². The summed E-state index contributed by atoms with van der Waals surface area (Å²) in [6.45, 7) is 0. The Balaban J connectivity index is 0.000000253. The van der Waals surface area contributed by atoms with E-state index < -0.39 is 30.1 Å². The van der Waals surface area contributed by atoms with Crippen molar-refractivity contribution in [2.75, 3.05) is 0 Å². The van der Waals surface area contributed by atoms with Gasteiger partial charge in [-0.05, 0) is 48.5 Å². The maximum atomic E-state index is 11.4. The Morgan fingerprint density at radius 1 is 0.514 bits per heavy atom. The molecule has 4 heterocycles. The molecule has 0 aliphatic heterocycles. The van der Waals surface area contributed by atoms with E-state index in [2.05, 4.69) is 19.9 Å². The van der Waals surface area contributed by atoms with Gasteiger partial charge in [-0.3, -0.25) is 19.9 Å². The molecule has 0 atom stereocenters. The Morgan fingerprint density at radius 3 is 0.865 bits per heavy atom. The van der Waals surface area contributed by atoms with Gasteiger partial charge >= 0.3 is 16.8 Å². The molecule has 0 spiro atoms. The molecule has 0 saturated heterocycles. The molecule has 0 unspecified atom stereocenters. The first-order valence-corrected chi connectivity index (χ1v) is 12.8. The quantitative estimate of drug-likeness (QED) is 0.294. The summed E-state index contributed by atoms with van der Waals surface area (Å²) in [5.41, 5.74) is -1.12. The second-order valence-corrected chi connectivity index (χ2v) is 10.1. The van der Waals surface area contributed by atoms with E-state index >= 15 is 0 Å². The second-order valence-electron chi connectivity index (χ2n) is 7.06. The van der Waals surface area contributed by atoms with Crippen LogP contribution in [0.3, 0.4) is 0 Å². The molecule has 0 aliphatic carbocycles. The maximum Gasteiger partial charge on any atom is 2.00 e. The van der Waals surface area contributed by atoms with Crippen molar-refractivity contribution in [2.45, 2.75) is 9.87 Å². The van der Waals surface area contributed by atoms with Gasteiger partial charge < -0.3 is 19.3 Å². The van der Waals surface area contributed by atoms with Crippen LogP contribution in [0.5, 0.6) is 0 Å². The van der Waals surface area contributed by atoms with Crippen LogP contribution in [0, 0.1) is 0 Å². The van der Waals surface area contributed by atoms with Gasteiger partial charge in [-0.1, -0.05) is 24.3 Å². The Hall–Kier alpha value is -3.15. The number of nitrogens with zero attached hydrogens (tertiary/aromatic N) is 4. The Kier molecular flexibility index (Phi) is 9.70. The number of hydrogen-bond acceptors (Lipinski definition) is 12. The minimum absolute atomic E-state index is 0. The molecule has 4 rings (SSSR count). The smallest absolute Gasteiger partial charge is 0.745 e. The standard InChI is InChI=1S/2C11H10N2O4S.Co/c2*14-11(18(15,16)17,9-5-1-3-7-12-9)10-6-2-4-8-13-10;/h2*1-8,14H,(H,15,16,17);/q;;+2/p-2. The van der Waals surface area contributed by atoms with Gasteiger partial charge in [0.15, 0.2) is 0 Å². The molecule has 0 amide bonds. The van der Waals surface area contributed by atoms with Gasteiger partial charge in [0.05, 0.1) is 22.8 Å². The minimum Gasteiger partial charge on any atom is -0.745 e. The van der Waals surface area contributed by atoms with E-state index in [4.69, 9.17) is 0 Å². The topological polar surface area (TPSA) is 206 Å². The SMILES string of the molecule is O=S(=O)([O-])C(O)(c1ccccn1)c1ccccn1.O=S(=O)([O-])C(O)(c1ccccn1)c1ccccn1.[Co+2]. The van der Waals surface area contributed by atoms with Gasteiger partial charge in [-0.15, -0.1) is 0 Å². The zero-order valence-electron chi connectivity index (χ0n) is 18.5. The van der Waals surface area contributed by atoms with Crippen LogP contribution in [0.25, 0.3) is 0 Å². The molecule has 2 N–H and O–H groups in total. The summed E-state index contributed by atoms with van der Waals surface area (Å²) >= 11 is 0. The van der Waals surface area contributed by atoms with E-state index in [1.165, 1.54) is 73.3 Å². The van der Waals surface area contributed by atoms with Crippen LogP contribution in [0.1, 0.15) is 22.8 Å². The minimum atomic E-state index is -5.09. The molecule has 1 radical (unpaired) electrons. The molecule has 0 fully saturated rings. The normalized spacial score (nSPS) is 12.0. The average molecular weight is 589 g/mol. The van der Waals surface area contributed by atoms with Crippen LogP contribution in [0.15, 0.2) is 97.6 Å². The number of pyridine rings is 4. The number of rotatable bonds is 6. The van der Waals surface area contributed by atoms with Crippen LogP contribution in [-0.4, -0.2) is 56.1 Å². The Labute approximate surface area is 222 Å². The first-order valence-electron chi connectivity index (χ1n) is 9.94. The molecular weight excluding hydrogens is 571 g/mol. The van der Waals surface area contributed by atoms with Crippen molar-refractivity contribution < 1.29 is 52.9 Å². The monoisotopic (exact) mass is 589 g/mol. The zero-order chi connectivity index (χ0) is 26.5. The fourth-order valence-corrected chi connectivity index (χ4v) is 4.54. The van der Waals surface area contributed by atoms with Crippen molar-refractivity contribution in [1.29, 1.82) is 0 Å². The third-order valence-electron chi connectivity index (χ3n) is 4.77. The largest absolute Gasteiger partial charge is 2.00 e. The number of aliphatic hydroxyl groups is 2. The molecule has 12 nitrogen and oxygen atoms in total. The molecule has 195 valence electrons. The summed E-state index contributed by atoms with van der Waals surface area (Å²) in [5, 5.41) is 20.5. The fourth-order valence-electron chi connectivity index (χ4n) is 3.03. The van der Waals surface area contributed by atoms with E-state index in [-0.39, 0.29) is 39.6 Å². The second kappa shape index (κ2) is 11.9. The predicted octanol–water partition coefficient (Wildman–Crippen LogP) is 0.428. The van der Waals surface area contributed by atoms with Crippen LogP contribution in [0.2, 0.25) is 0 Å². The third-order valence-corrected chi connectivity index (χ3v) is 7.06. The van der Waals surface area contributed by atoms with E-state index in [1.54, 1.807) is 24.3 Å². The molecular formula is C22H18CoN4O8S2. The molecule has 4 aromatic rings. The van der Waals surface area contributed by atoms with E-state index in [9.17, 15) is 36.2 Å². The van der Waals surface area contributed by atoms with Crippen LogP contribution < -0.4 is 0 Å². The van der Waals surface area contributed by atoms with Crippen molar-refractivity contribution in [3.63, 3.8) is 0 Å². The number of hydrogen-bond donors (Lipinski definition) is 2. The molecule has 0 aromatic carbocycles. The van der Waals surface area contributed by atoms with Gasteiger partial charge in [0.2, 0.25) is 9.87 Å². The predicted molar refractivity (Wildman–Crippen MR) is 122 cm³/mol. The Morgan fingerprint density at radius 2 is 0.730 bits per heavy atom. The van der Waals surface area contributed by atoms with Crippen molar-refractivity contribution in [2.24, 2.45) is 0 Å². The van der Waals surface area contributed by atoms with Gasteiger partial charge in [0.1, 0.15) is 20.2 Å². The first-order chi connectivity index (χ1) is 16.9. The summed E-state index contributed by atoms with van der Waals surface area (Å²) in [6.07, 6.45) is 5.14. The third kappa shape index (κ3) is 6.23. The summed E-state index contributed by atoms with van der Waals surface area (Å²) in [5.74, 6) is 0. The van der Waals surface area contributed by atoms with Crippen LogP contribution in [-0.2, 0) is 46.9 Å². The number of aromatic nitrogens is 4. The van der Waals surface area contributed by atoms with Crippen molar-refractivity contribution in [1.82, 2.24) is 19.9 Å². The maximum absolute atomic E-state index is 11.4. The summed E-state index contributed by atoms with van der Waals surface area (Å²) in [4.78, 5) is 9.33. The Bertz CT molecular complexity index is 1300. The average Bonchev–Trinajstić information content (AvgIpc) is 2.89. The summed E-state index contributed by atoms with van der Waals surface area (Å²) in [7, 11) is -10.2. The molecule has 37 heavy (non-hydrogen) atoms. The van der Waals surface area contributed by atoms with E-state index in [0.717, 1.165) is 0 Å². The molecule has 0 bridgehead atoms. The molecule has 0 saturated carbocycles. The zero-order valence-corrected chi connectivity index (χ0v) is 21.2. The van der Waals surface area contributed by atoms with E-state index in [1.807, 2.05) is 0 Å². The van der Waals surface area contributed by atoms with Crippen molar-refractivity contribution in [3.8, 4) is 0 Å². The van der Waals surface area contributed by atoms with Gasteiger partial charge in [0.25, 0.3) is 0 Å². The first kappa shape index (κ1) is 30.1. The van der Waals surface area contributed by atoms with Gasteiger partial charge in [0, 0.05) is 24.8 Å².